The average Bonchev–Trinajstić information content (AvgIpc) is 1.12. The molecule has 7 N–H and O–H groups in total. The van der Waals surface area contributed by atoms with Crippen molar-refractivity contribution in [3.63, 3.8) is 0 Å². The normalized spacial score (nSPS) is 9.08. The van der Waals surface area contributed by atoms with Crippen LogP contribution in [0, 0.1) is 0 Å². The maximum absolute atomic E-state index is 8.88. The van der Waals surface area contributed by atoms with Crippen molar-refractivity contribution in [1.29, 1.82) is 0 Å². The minimum Gasteiger partial charge on any atom is -0.790 e. The van der Waals surface area contributed by atoms with Crippen molar-refractivity contribution in [2.45, 2.75) is 0 Å². The summed E-state index contributed by atoms with van der Waals surface area (Å²) in [6.45, 7) is 0. The van der Waals surface area contributed by atoms with Gasteiger partial charge in [-0.3, -0.25) is 0 Å². The molecule has 0 atom stereocenters. The van der Waals surface area contributed by atoms with Crippen LogP contribution in [0.4, 0.5) is 0 Å². The molecule has 0 aromatic heterocycles. The van der Waals surface area contributed by atoms with Crippen LogP contribution in [-0.4, -0.2) is 19.6 Å². The fourth-order valence-corrected chi connectivity index (χ4v) is 0. The molecule has 0 rings (SSSR count). The first-order valence-electron chi connectivity index (χ1n) is 1.53. The molecule has 0 aliphatic rings. The van der Waals surface area contributed by atoms with Gasteiger partial charge in [-0.2, -0.15) is 0 Å². The summed E-state index contributed by atoms with van der Waals surface area (Å²) in [6.07, 6.45) is 0. The molecule has 0 aromatic carbocycles. The Labute approximate surface area is 118 Å². The van der Waals surface area contributed by atoms with Gasteiger partial charge in [0, 0.05) is 0 Å². The molecule has 0 saturated carbocycles. The van der Waals surface area contributed by atoms with E-state index < -0.39 is 15.6 Å². The van der Waals surface area contributed by atoms with Crippen LogP contribution in [0.3, 0.4) is 0 Å². The van der Waals surface area contributed by atoms with E-state index in [0.29, 0.717) is 0 Å². The van der Waals surface area contributed by atoms with Crippen molar-refractivity contribution < 1.29 is 97.6 Å². The minimum absolute atomic E-state index is 0. The molecule has 0 unspecified atom stereocenters. The molecule has 0 spiro atoms. The summed E-state index contributed by atoms with van der Waals surface area (Å²) < 4.78 is 17.5. The summed E-state index contributed by atoms with van der Waals surface area (Å²) in [5.41, 5.74) is 0. The Morgan fingerprint density at radius 3 is 0.846 bits per heavy atom. The molecule has 0 fully saturated rings. The van der Waals surface area contributed by atoms with Gasteiger partial charge in [0.15, 0.2) is 0 Å². The third-order valence-corrected chi connectivity index (χ3v) is 0. The van der Waals surface area contributed by atoms with Gasteiger partial charge in [0.1, 0.15) is 0 Å². The van der Waals surface area contributed by atoms with Crippen LogP contribution in [0.5, 0.6) is 0 Å². The van der Waals surface area contributed by atoms with Crippen molar-refractivity contribution in [3.05, 3.63) is 0 Å². The second-order valence-corrected chi connectivity index (χ2v) is 2.95. The smallest absolute Gasteiger partial charge is 0.790 e. The minimum atomic E-state index is -5.14. The fraction of sp³-hybridized carbons (Fsp3) is 0. The van der Waals surface area contributed by atoms with E-state index in [0.717, 1.165) is 0 Å². The zero-order valence-corrected chi connectivity index (χ0v) is 12.8. The van der Waals surface area contributed by atoms with Gasteiger partial charge in [-0.05, 0) is 0 Å². The van der Waals surface area contributed by atoms with E-state index in [1.54, 1.807) is 0 Å². The molecule has 72 valence electrons. The van der Waals surface area contributed by atoms with Gasteiger partial charge in [-0.1, -0.05) is 0 Å². The first kappa shape index (κ1) is 29.5. The summed E-state index contributed by atoms with van der Waals surface area (Å²) in [5.74, 6) is 0. The van der Waals surface area contributed by atoms with Gasteiger partial charge in [-0.25, -0.2) is 4.57 Å². The second kappa shape index (κ2) is 12.3. The van der Waals surface area contributed by atoms with Crippen molar-refractivity contribution in [1.82, 2.24) is 6.15 Å². The Kier molecular flexibility index (Phi) is 27.8. The molecule has 13 heteroatoms. The van der Waals surface area contributed by atoms with E-state index in [9.17, 15) is 0 Å². The van der Waals surface area contributed by atoms with Crippen LogP contribution >= 0.6 is 15.6 Å². The van der Waals surface area contributed by atoms with Gasteiger partial charge < -0.3 is 40.1 Å². The Balaban J connectivity index is -0.0000000267. The number of hydrogen-bond acceptors (Lipinski definition) is 5. The molecule has 0 saturated heterocycles. The van der Waals surface area contributed by atoms with E-state index in [2.05, 4.69) is 0 Å². The van der Waals surface area contributed by atoms with Crippen molar-refractivity contribution in [2.24, 2.45) is 0 Å². The van der Waals surface area contributed by atoms with Crippen LogP contribution in [-0.2, 0) is 9.13 Å². The summed E-state index contributed by atoms with van der Waals surface area (Å²) in [7, 11) is -9.78. The van der Waals surface area contributed by atoms with E-state index in [-0.39, 0.29) is 65.3 Å². The summed E-state index contributed by atoms with van der Waals surface area (Å²) in [6, 6.07) is 0. The maximum atomic E-state index is 8.88. The van der Waals surface area contributed by atoms with E-state index in [4.69, 9.17) is 38.5 Å². The van der Waals surface area contributed by atoms with Crippen LogP contribution in [0.15, 0.2) is 0 Å². The van der Waals surface area contributed by atoms with Crippen LogP contribution < -0.4 is 75.1 Å². The van der Waals surface area contributed by atoms with Crippen molar-refractivity contribution in [2.75, 3.05) is 0 Å². The molecule has 0 aliphatic carbocycles. The molecular formula is H7NNa2O8P2. The number of hydrogen-bond donors (Lipinski definition) is 5. The van der Waals surface area contributed by atoms with Crippen LogP contribution in [0.25, 0.3) is 0 Å². The zero-order chi connectivity index (χ0) is 9.00. The molecule has 9 nitrogen and oxygen atoms in total. The predicted molar refractivity (Wildman–Crippen MR) is 29.1 cm³/mol. The summed E-state index contributed by atoms with van der Waals surface area (Å²) >= 11 is 0. The molecule has 0 radical (unpaired) electrons. The first-order chi connectivity index (χ1) is 4.00. The monoisotopic (exact) mass is 257 g/mol. The SMILES string of the molecule is N.O=P(O)(O)O.O=P([O-])([O-])O.[Na+].[Na+]. The quantitative estimate of drug-likeness (QED) is 0.206. The third kappa shape index (κ3) is 443. The summed E-state index contributed by atoms with van der Waals surface area (Å²) in [5, 5.41) is 0. The second-order valence-electron chi connectivity index (χ2n) is 0.982. The third-order valence-electron chi connectivity index (χ3n) is 0. The molecule has 0 bridgehead atoms. The van der Waals surface area contributed by atoms with Gasteiger partial charge in [0.05, 0.1) is 7.82 Å². The van der Waals surface area contributed by atoms with Gasteiger partial charge in [-0.15, -0.1) is 0 Å². The van der Waals surface area contributed by atoms with E-state index in [1.807, 2.05) is 0 Å². The molecule has 0 aromatic rings. The number of phosphoric acid groups is 2. The van der Waals surface area contributed by atoms with E-state index >= 15 is 0 Å². The van der Waals surface area contributed by atoms with Crippen LogP contribution in [0.1, 0.15) is 0 Å². The van der Waals surface area contributed by atoms with Crippen molar-refractivity contribution in [3.8, 4) is 0 Å². The maximum Gasteiger partial charge on any atom is 1.00 e. The van der Waals surface area contributed by atoms with Gasteiger partial charge in [0.2, 0.25) is 0 Å². The predicted octanol–water partition coefficient (Wildman–Crippen LogP) is -8.95. The largest absolute Gasteiger partial charge is 1.00 e. The molecule has 0 amide bonds. The number of rotatable bonds is 0. The first-order valence-corrected chi connectivity index (χ1v) is 4.59. The molecule has 13 heavy (non-hydrogen) atoms. The molecule has 0 aliphatic heterocycles. The Bertz CT molecular complexity index is 132. The molecular weight excluding hydrogens is 250 g/mol. The Morgan fingerprint density at radius 1 is 0.846 bits per heavy atom. The standard InChI is InChI=1S/H3N.2Na.2H3O4P/c;;;2*1-5(2,3)4/h1H3;;;2*(H3,1,2,3,4)/q;2*+1;;/p-2. The Morgan fingerprint density at radius 2 is 0.846 bits per heavy atom. The van der Waals surface area contributed by atoms with Crippen LogP contribution in [0.2, 0.25) is 0 Å². The zero-order valence-electron chi connectivity index (χ0n) is 7.02. The van der Waals surface area contributed by atoms with Gasteiger partial charge in [0.25, 0.3) is 0 Å². The van der Waals surface area contributed by atoms with Crippen molar-refractivity contribution >= 4 is 15.6 Å². The molecule has 0 heterocycles. The topological polar surface area (TPSA) is 196 Å². The summed E-state index contributed by atoms with van der Waals surface area (Å²) in [4.78, 5) is 45.8. The average molecular weight is 257 g/mol. The Hall–Kier alpha value is 2.18. The van der Waals surface area contributed by atoms with Gasteiger partial charge >= 0.3 is 66.9 Å². The van der Waals surface area contributed by atoms with E-state index in [1.165, 1.54) is 0 Å². The fourth-order valence-electron chi connectivity index (χ4n) is 0.